The van der Waals surface area contributed by atoms with Gasteiger partial charge in [0.15, 0.2) is 0 Å². The number of nitrogens with one attached hydrogen (secondary N) is 1. The van der Waals surface area contributed by atoms with E-state index in [1.807, 2.05) is 13.8 Å². The molecule has 0 spiro atoms. The summed E-state index contributed by atoms with van der Waals surface area (Å²) in [5.74, 6) is -0.775. The van der Waals surface area contributed by atoms with Crippen molar-refractivity contribution in [1.29, 1.82) is 0 Å². The topological polar surface area (TPSA) is 49.4 Å². The zero-order valence-electron chi connectivity index (χ0n) is 12.7. The molecule has 22 heavy (non-hydrogen) atoms. The highest BCUT2D eigenvalue weighted by molar-refractivity contribution is 5.97. The van der Waals surface area contributed by atoms with Crippen molar-refractivity contribution in [2.24, 2.45) is 0 Å². The van der Waals surface area contributed by atoms with Gasteiger partial charge in [-0.3, -0.25) is 9.59 Å². The summed E-state index contributed by atoms with van der Waals surface area (Å²) in [6.07, 6.45) is -3.69. The van der Waals surface area contributed by atoms with Crippen LogP contribution in [0.3, 0.4) is 0 Å². The SMILES string of the molecule is CCC(C)NC(=O)CN(C(C)=O)c1ccc(C(F)(F)F)cc1. The Morgan fingerprint density at radius 2 is 1.77 bits per heavy atom. The number of alkyl halides is 3. The number of halogens is 3. The maximum Gasteiger partial charge on any atom is 0.416 e. The molecule has 0 aliphatic rings. The van der Waals surface area contributed by atoms with E-state index in [0.717, 1.165) is 23.5 Å². The fraction of sp³-hybridized carbons (Fsp3) is 0.467. The third-order valence-electron chi connectivity index (χ3n) is 3.21. The van der Waals surface area contributed by atoms with Gasteiger partial charge in [-0.15, -0.1) is 0 Å². The first-order valence-corrected chi connectivity index (χ1v) is 6.89. The van der Waals surface area contributed by atoms with Crippen LogP contribution in [0.4, 0.5) is 18.9 Å². The maximum atomic E-state index is 12.5. The third-order valence-corrected chi connectivity index (χ3v) is 3.21. The standard InChI is InChI=1S/C15H19F3N2O2/c1-4-10(2)19-14(22)9-20(11(3)21)13-7-5-12(6-8-13)15(16,17)18/h5-8,10H,4,9H2,1-3H3,(H,19,22). The average Bonchev–Trinajstić information content (AvgIpc) is 2.43. The second-order valence-corrected chi connectivity index (χ2v) is 5.03. The lowest BCUT2D eigenvalue weighted by Crippen LogP contribution is -2.42. The highest BCUT2D eigenvalue weighted by Crippen LogP contribution is 2.30. The van der Waals surface area contributed by atoms with Gasteiger partial charge in [0.1, 0.15) is 6.54 Å². The van der Waals surface area contributed by atoms with Gasteiger partial charge in [-0.2, -0.15) is 13.2 Å². The lowest BCUT2D eigenvalue weighted by molar-refractivity contribution is -0.137. The summed E-state index contributed by atoms with van der Waals surface area (Å²) < 4.78 is 37.6. The number of carbonyl (C=O) groups excluding carboxylic acids is 2. The van der Waals surface area contributed by atoms with Crippen molar-refractivity contribution in [2.45, 2.75) is 39.4 Å². The second kappa shape index (κ2) is 7.29. The van der Waals surface area contributed by atoms with Crippen LogP contribution < -0.4 is 10.2 Å². The summed E-state index contributed by atoms with van der Waals surface area (Å²) in [6, 6.07) is 4.10. The summed E-state index contributed by atoms with van der Waals surface area (Å²) in [4.78, 5) is 24.6. The molecular formula is C15H19F3N2O2. The Morgan fingerprint density at radius 3 is 2.18 bits per heavy atom. The minimum Gasteiger partial charge on any atom is -0.352 e. The van der Waals surface area contributed by atoms with E-state index in [9.17, 15) is 22.8 Å². The van der Waals surface area contributed by atoms with Crippen molar-refractivity contribution < 1.29 is 22.8 Å². The molecular weight excluding hydrogens is 297 g/mol. The molecule has 4 nitrogen and oxygen atoms in total. The summed E-state index contributed by atoms with van der Waals surface area (Å²) in [7, 11) is 0. The van der Waals surface area contributed by atoms with Crippen molar-refractivity contribution in [3.8, 4) is 0 Å². The van der Waals surface area contributed by atoms with E-state index in [1.165, 1.54) is 19.1 Å². The van der Waals surface area contributed by atoms with Gasteiger partial charge in [-0.05, 0) is 37.6 Å². The first kappa shape index (κ1) is 18.0. The zero-order valence-corrected chi connectivity index (χ0v) is 12.7. The van der Waals surface area contributed by atoms with Gasteiger partial charge < -0.3 is 10.2 Å². The Labute approximate surface area is 127 Å². The fourth-order valence-electron chi connectivity index (χ4n) is 1.78. The molecule has 122 valence electrons. The van der Waals surface area contributed by atoms with Crippen molar-refractivity contribution in [2.75, 3.05) is 11.4 Å². The van der Waals surface area contributed by atoms with Gasteiger partial charge in [0.25, 0.3) is 0 Å². The predicted molar refractivity (Wildman–Crippen MR) is 77.4 cm³/mol. The van der Waals surface area contributed by atoms with Gasteiger partial charge >= 0.3 is 6.18 Å². The lowest BCUT2D eigenvalue weighted by atomic mass is 10.2. The molecule has 1 atom stereocenters. The molecule has 1 aromatic rings. The normalized spacial score (nSPS) is 12.6. The van der Waals surface area contributed by atoms with Gasteiger partial charge in [0.2, 0.25) is 11.8 Å². The number of hydrogen-bond donors (Lipinski definition) is 1. The molecule has 0 heterocycles. The Balaban J connectivity index is 2.88. The van der Waals surface area contributed by atoms with Gasteiger partial charge in [-0.1, -0.05) is 6.92 Å². The van der Waals surface area contributed by atoms with Crippen LogP contribution in [0.1, 0.15) is 32.8 Å². The summed E-state index contributed by atoms with van der Waals surface area (Å²) >= 11 is 0. The molecule has 2 amide bonds. The molecule has 0 aliphatic carbocycles. The summed E-state index contributed by atoms with van der Waals surface area (Å²) in [6.45, 7) is 4.76. The number of rotatable bonds is 5. The van der Waals surface area contributed by atoms with Crippen molar-refractivity contribution in [1.82, 2.24) is 5.32 Å². The smallest absolute Gasteiger partial charge is 0.352 e. The second-order valence-electron chi connectivity index (χ2n) is 5.03. The fourth-order valence-corrected chi connectivity index (χ4v) is 1.78. The van der Waals surface area contributed by atoms with E-state index in [-0.39, 0.29) is 24.2 Å². The molecule has 1 rings (SSSR count). The Bertz CT molecular complexity index is 527. The van der Waals surface area contributed by atoms with Crippen LogP contribution in [0.25, 0.3) is 0 Å². The van der Waals surface area contributed by atoms with E-state index in [2.05, 4.69) is 5.32 Å². The molecule has 0 fully saturated rings. The van der Waals surface area contributed by atoms with Crippen molar-refractivity contribution in [3.05, 3.63) is 29.8 Å². The van der Waals surface area contributed by atoms with Crippen LogP contribution in [-0.4, -0.2) is 24.4 Å². The number of carbonyl (C=O) groups is 2. The van der Waals surface area contributed by atoms with Crippen molar-refractivity contribution >= 4 is 17.5 Å². The lowest BCUT2D eigenvalue weighted by Gasteiger charge is -2.22. The minimum atomic E-state index is -4.44. The van der Waals surface area contributed by atoms with E-state index in [1.54, 1.807) is 0 Å². The number of nitrogens with zero attached hydrogens (tertiary/aromatic N) is 1. The van der Waals surface area contributed by atoms with E-state index >= 15 is 0 Å². The highest BCUT2D eigenvalue weighted by atomic mass is 19.4. The molecule has 1 N–H and O–H groups in total. The monoisotopic (exact) mass is 316 g/mol. The van der Waals surface area contributed by atoms with Gasteiger partial charge in [-0.25, -0.2) is 0 Å². The molecule has 0 aliphatic heterocycles. The van der Waals surface area contributed by atoms with Crippen LogP contribution in [-0.2, 0) is 15.8 Å². The molecule has 0 aromatic heterocycles. The maximum absolute atomic E-state index is 12.5. The quantitative estimate of drug-likeness (QED) is 0.908. The number of hydrogen-bond acceptors (Lipinski definition) is 2. The van der Waals surface area contributed by atoms with Crippen LogP contribution in [0.15, 0.2) is 24.3 Å². The Hall–Kier alpha value is -2.05. The largest absolute Gasteiger partial charge is 0.416 e. The van der Waals surface area contributed by atoms with Crippen LogP contribution >= 0.6 is 0 Å². The summed E-state index contributed by atoms with van der Waals surface area (Å²) in [5.41, 5.74) is -0.552. The molecule has 1 aromatic carbocycles. The van der Waals surface area contributed by atoms with Crippen molar-refractivity contribution in [3.63, 3.8) is 0 Å². The number of benzene rings is 1. The summed E-state index contributed by atoms with van der Waals surface area (Å²) in [5, 5.41) is 2.71. The van der Waals surface area contributed by atoms with Crippen LogP contribution in [0, 0.1) is 0 Å². The average molecular weight is 316 g/mol. The van der Waals surface area contributed by atoms with Gasteiger partial charge in [0.05, 0.1) is 5.56 Å². The zero-order chi connectivity index (χ0) is 16.9. The molecule has 0 saturated carbocycles. The van der Waals surface area contributed by atoms with E-state index < -0.39 is 17.6 Å². The minimum absolute atomic E-state index is 0.0334. The third kappa shape index (κ3) is 5.05. The first-order valence-electron chi connectivity index (χ1n) is 6.89. The van der Waals surface area contributed by atoms with Gasteiger partial charge in [0, 0.05) is 18.7 Å². The molecule has 0 bridgehead atoms. The van der Waals surface area contributed by atoms with Crippen LogP contribution in [0.5, 0.6) is 0 Å². The molecule has 0 radical (unpaired) electrons. The Morgan fingerprint density at radius 1 is 1.23 bits per heavy atom. The Kier molecular flexibility index (Phi) is 5.96. The number of amides is 2. The van der Waals surface area contributed by atoms with E-state index in [0.29, 0.717) is 0 Å². The molecule has 7 heteroatoms. The first-order chi connectivity index (χ1) is 10.1. The van der Waals surface area contributed by atoms with E-state index in [4.69, 9.17) is 0 Å². The highest BCUT2D eigenvalue weighted by Gasteiger charge is 2.30. The molecule has 0 saturated heterocycles. The predicted octanol–water partition coefficient (Wildman–Crippen LogP) is 2.97. The molecule has 1 unspecified atom stereocenters. The number of anilines is 1. The van der Waals surface area contributed by atoms with Crippen LogP contribution in [0.2, 0.25) is 0 Å².